The number of carbonyl (C=O) groups is 1. The third kappa shape index (κ3) is 5.15. The van der Waals surface area contributed by atoms with E-state index in [4.69, 9.17) is 0 Å². The van der Waals surface area contributed by atoms with Crippen LogP contribution in [0.3, 0.4) is 0 Å². The van der Waals surface area contributed by atoms with Crippen molar-refractivity contribution in [2.45, 2.75) is 10.6 Å². The first kappa shape index (κ1) is 19.1. The van der Waals surface area contributed by atoms with Gasteiger partial charge in [0.05, 0.1) is 0 Å². The first-order chi connectivity index (χ1) is 12.9. The minimum absolute atomic E-state index is 0.201. The summed E-state index contributed by atoms with van der Waals surface area (Å²) < 4.78 is 40.4. The second kappa shape index (κ2) is 8.32. The van der Waals surface area contributed by atoms with Gasteiger partial charge in [0.15, 0.2) is 0 Å². The van der Waals surface area contributed by atoms with Crippen molar-refractivity contribution in [2.24, 2.45) is 0 Å². The average molecular weight is 404 g/mol. The molecule has 3 aromatic rings. The number of thiophene rings is 1. The predicted octanol–water partition coefficient (Wildman–Crippen LogP) is 3.66. The van der Waals surface area contributed by atoms with E-state index in [9.17, 15) is 17.6 Å². The number of nitrogens with one attached hydrogen (secondary N) is 2. The summed E-state index contributed by atoms with van der Waals surface area (Å²) >= 11 is 1.11. The largest absolute Gasteiger partial charge is 0.352 e. The van der Waals surface area contributed by atoms with Crippen molar-refractivity contribution in [3.05, 3.63) is 83.0 Å². The van der Waals surface area contributed by atoms with E-state index in [2.05, 4.69) is 10.0 Å². The molecule has 0 unspecified atom stereocenters. The van der Waals surface area contributed by atoms with Crippen molar-refractivity contribution in [1.29, 1.82) is 0 Å². The molecule has 2 aromatic carbocycles. The van der Waals surface area contributed by atoms with E-state index in [0.29, 0.717) is 24.2 Å². The summed E-state index contributed by atoms with van der Waals surface area (Å²) in [5, 5.41) is 4.43. The number of benzene rings is 2. The summed E-state index contributed by atoms with van der Waals surface area (Å²) in [6, 6.07) is 15.6. The number of hydrogen-bond donors (Lipinski definition) is 2. The normalized spacial score (nSPS) is 11.1. The first-order valence-corrected chi connectivity index (χ1v) is 10.5. The second-order valence-corrected chi connectivity index (χ2v) is 8.61. The molecule has 0 aliphatic rings. The molecule has 0 fully saturated rings. The quantitative estimate of drug-likeness (QED) is 0.631. The molecular weight excluding hydrogens is 387 g/mol. The van der Waals surface area contributed by atoms with Crippen LogP contribution in [0.25, 0.3) is 0 Å². The Labute approximate surface area is 160 Å². The molecule has 0 radical (unpaired) electrons. The Morgan fingerprint density at radius 3 is 2.59 bits per heavy atom. The van der Waals surface area contributed by atoms with Gasteiger partial charge in [-0.05, 0) is 53.8 Å². The Hall–Kier alpha value is -2.71. The van der Waals surface area contributed by atoms with Gasteiger partial charge < -0.3 is 5.32 Å². The second-order valence-electron chi connectivity index (χ2n) is 5.75. The van der Waals surface area contributed by atoms with Crippen LogP contribution in [-0.4, -0.2) is 20.9 Å². The van der Waals surface area contributed by atoms with Gasteiger partial charge in [-0.2, -0.15) is 0 Å². The van der Waals surface area contributed by atoms with E-state index >= 15 is 0 Å². The van der Waals surface area contributed by atoms with Crippen LogP contribution in [0.15, 0.2) is 70.3 Å². The summed E-state index contributed by atoms with van der Waals surface area (Å²) in [6.07, 6.45) is 0.494. The number of anilines is 1. The van der Waals surface area contributed by atoms with Crippen LogP contribution < -0.4 is 10.0 Å². The molecule has 27 heavy (non-hydrogen) atoms. The van der Waals surface area contributed by atoms with E-state index in [0.717, 1.165) is 16.9 Å². The molecule has 3 rings (SSSR count). The topological polar surface area (TPSA) is 75.3 Å². The zero-order valence-corrected chi connectivity index (χ0v) is 15.8. The van der Waals surface area contributed by atoms with Gasteiger partial charge in [-0.3, -0.25) is 9.52 Å². The minimum Gasteiger partial charge on any atom is -0.352 e. The number of hydrogen-bond acceptors (Lipinski definition) is 4. The van der Waals surface area contributed by atoms with Gasteiger partial charge in [0.25, 0.3) is 15.9 Å². The third-order valence-corrected chi connectivity index (χ3v) is 6.50. The van der Waals surface area contributed by atoms with Crippen LogP contribution in [-0.2, 0) is 16.4 Å². The minimum atomic E-state index is -3.67. The van der Waals surface area contributed by atoms with Gasteiger partial charge in [-0.25, -0.2) is 12.8 Å². The van der Waals surface area contributed by atoms with E-state index in [1.807, 2.05) is 0 Å². The van der Waals surface area contributed by atoms with Crippen LogP contribution in [0, 0.1) is 5.82 Å². The number of halogens is 1. The molecule has 0 saturated heterocycles. The standard InChI is InChI=1S/C19H17FN2O3S2/c20-16-6-1-4-14(12-16)9-10-21-19(23)15-5-2-7-17(13-15)22-27(24,25)18-8-3-11-26-18/h1-8,11-13,22H,9-10H2,(H,21,23). The molecule has 140 valence electrons. The van der Waals surface area contributed by atoms with Crippen LogP contribution in [0.1, 0.15) is 15.9 Å². The summed E-state index contributed by atoms with van der Waals surface area (Å²) in [5.74, 6) is -0.645. The molecule has 1 heterocycles. The number of carbonyl (C=O) groups excluding carboxylic acids is 1. The highest BCUT2D eigenvalue weighted by Gasteiger charge is 2.16. The zero-order valence-electron chi connectivity index (χ0n) is 14.2. The van der Waals surface area contributed by atoms with Gasteiger partial charge in [0.2, 0.25) is 0 Å². The highest BCUT2D eigenvalue weighted by molar-refractivity contribution is 7.94. The Bertz CT molecular complexity index is 1030. The molecule has 2 N–H and O–H groups in total. The summed E-state index contributed by atoms with van der Waals surface area (Å²) in [4.78, 5) is 12.3. The Morgan fingerprint density at radius 1 is 1.04 bits per heavy atom. The van der Waals surface area contributed by atoms with E-state index < -0.39 is 10.0 Å². The Kier molecular flexibility index (Phi) is 5.88. The van der Waals surface area contributed by atoms with Gasteiger partial charge in [0, 0.05) is 17.8 Å². The molecular formula is C19H17FN2O3S2. The number of rotatable bonds is 7. The summed E-state index contributed by atoms with van der Waals surface area (Å²) in [6.45, 7) is 0.341. The number of amides is 1. The monoisotopic (exact) mass is 404 g/mol. The maximum Gasteiger partial charge on any atom is 0.271 e. The van der Waals surface area contributed by atoms with E-state index in [-0.39, 0.29) is 15.9 Å². The molecule has 0 atom stereocenters. The van der Waals surface area contributed by atoms with Gasteiger partial charge in [-0.1, -0.05) is 24.3 Å². The van der Waals surface area contributed by atoms with Gasteiger partial charge in [-0.15, -0.1) is 11.3 Å². The Balaban J connectivity index is 1.62. The predicted molar refractivity (Wildman–Crippen MR) is 104 cm³/mol. The van der Waals surface area contributed by atoms with Crippen molar-refractivity contribution in [3.63, 3.8) is 0 Å². The summed E-state index contributed by atoms with van der Waals surface area (Å²) in [5.41, 5.74) is 1.43. The zero-order chi connectivity index (χ0) is 19.3. The molecule has 0 aliphatic heterocycles. The van der Waals surface area contributed by atoms with Crippen LogP contribution >= 0.6 is 11.3 Å². The van der Waals surface area contributed by atoms with Crippen molar-refractivity contribution in [3.8, 4) is 0 Å². The molecule has 0 spiro atoms. The number of sulfonamides is 1. The van der Waals surface area contributed by atoms with Crippen LogP contribution in [0.5, 0.6) is 0 Å². The van der Waals surface area contributed by atoms with Crippen LogP contribution in [0.2, 0.25) is 0 Å². The fraction of sp³-hybridized carbons (Fsp3) is 0.105. The Morgan fingerprint density at radius 2 is 1.85 bits per heavy atom. The lowest BCUT2D eigenvalue weighted by atomic mass is 10.1. The third-order valence-electron chi connectivity index (χ3n) is 3.73. The van der Waals surface area contributed by atoms with Gasteiger partial charge in [0.1, 0.15) is 10.0 Å². The molecule has 1 aromatic heterocycles. The average Bonchev–Trinajstić information content (AvgIpc) is 3.17. The fourth-order valence-electron chi connectivity index (χ4n) is 2.46. The molecule has 0 aliphatic carbocycles. The lowest BCUT2D eigenvalue weighted by Gasteiger charge is -2.09. The summed E-state index contributed by atoms with van der Waals surface area (Å²) in [7, 11) is -3.67. The maximum absolute atomic E-state index is 13.2. The smallest absolute Gasteiger partial charge is 0.271 e. The van der Waals surface area contributed by atoms with E-state index in [1.165, 1.54) is 24.3 Å². The van der Waals surface area contributed by atoms with Crippen molar-refractivity contribution in [1.82, 2.24) is 5.32 Å². The molecule has 1 amide bonds. The SMILES string of the molecule is O=C(NCCc1cccc(F)c1)c1cccc(NS(=O)(=O)c2cccs2)c1. The van der Waals surface area contributed by atoms with Crippen LogP contribution in [0.4, 0.5) is 10.1 Å². The molecule has 5 nitrogen and oxygen atoms in total. The van der Waals surface area contributed by atoms with Gasteiger partial charge >= 0.3 is 0 Å². The lowest BCUT2D eigenvalue weighted by molar-refractivity contribution is 0.0954. The first-order valence-electron chi connectivity index (χ1n) is 8.13. The van der Waals surface area contributed by atoms with Crippen molar-refractivity contribution in [2.75, 3.05) is 11.3 Å². The molecule has 8 heteroatoms. The molecule has 0 saturated carbocycles. The van der Waals surface area contributed by atoms with Crippen molar-refractivity contribution < 1.29 is 17.6 Å². The highest BCUT2D eigenvalue weighted by atomic mass is 32.2. The highest BCUT2D eigenvalue weighted by Crippen LogP contribution is 2.20. The van der Waals surface area contributed by atoms with E-state index in [1.54, 1.807) is 41.8 Å². The van der Waals surface area contributed by atoms with Crippen molar-refractivity contribution >= 4 is 33.0 Å². The maximum atomic E-state index is 13.2. The fourth-order valence-corrected chi connectivity index (χ4v) is 4.50. The molecule has 0 bridgehead atoms. The lowest BCUT2D eigenvalue weighted by Crippen LogP contribution is -2.25.